The summed E-state index contributed by atoms with van der Waals surface area (Å²) >= 11 is 0. The van der Waals surface area contributed by atoms with Gasteiger partial charge >= 0.3 is 5.97 Å². The predicted molar refractivity (Wildman–Crippen MR) is 126 cm³/mol. The lowest BCUT2D eigenvalue weighted by Gasteiger charge is -2.08. The summed E-state index contributed by atoms with van der Waals surface area (Å²) in [6.07, 6.45) is 3.89. The molecule has 0 unspecified atom stereocenters. The number of hydrogen-bond acceptors (Lipinski definition) is 3. The average molecular weight is 413 g/mol. The number of hydrogen-bond donors (Lipinski definition) is 0. The van der Waals surface area contributed by atoms with E-state index < -0.39 is 0 Å². The number of carbonyl (C=O) groups excluding carboxylic acids is 1. The van der Waals surface area contributed by atoms with Gasteiger partial charge in [-0.1, -0.05) is 48.8 Å². The van der Waals surface area contributed by atoms with Crippen LogP contribution in [-0.2, 0) is 9.53 Å². The summed E-state index contributed by atoms with van der Waals surface area (Å²) in [6, 6.07) is 22.4. The van der Waals surface area contributed by atoms with Crippen LogP contribution in [0.1, 0.15) is 43.7 Å². The largest absolute Gasteiger partial charge is 0.494 e. The van der Waals surface area contributed by atoms with Crippen LogP contribution >= 0.6 is 0 Å². The highest BCUT2D eigenvalue weighted by Crippen LogP contribution is 2.22. The molecule has 0 saturated heterocycles. The molecule has 158 valence electrons. The third-order valence-corrected chi connectivity index (χ3v) is 4.83. The molecule has 0 atom stereocenters. The van der Waals surface area contributed by atoms with Gasteiger partial charge in [0.1, 0.15) is 5.75 Å². The highest BCUT2D eigenvalue weighted by Gasteiger charge is 2.02. The number of fused-ring (bicyclic) bond motifs is 1. The van der Waals surface area contributed by atoms with Crippen molar-refractivity contribution >= 4 is 16.7 Å². The second-order valence-corrected chi connectivity index (χ2v) is 7.52. The maximum absolute atomic E-state index is 11.3. The zero-order valence-corrected chi connectivity index (χ0v) is 18.0. The lowest BCUT2D eigenvalue weighted by molar-refractivity contribution is -0.139. The second kappa shape index (κ2) is 11.6. The van der Waals surface area contributed by atoms with Crippen molar-refractivity contribution in [2.75, 3.05) is 13.2 Å². The second-order valence-electron chi connectivity index (χ2n) is 7.52. The summed E-state index contributed by atoms with van der Waals surface area (Å²) in [5, 5.41) is 2.29. The Kier molecular flexibility index (Phi) is 8.31. The molecule has 0 saturated carbocycles. The topological polar surface area (TPSA) is 35.5 Å². The van der Waals surface area contributed by atoms with Gasteiger partial charge in [0.2, 0.25) is 0 Å². The molecule has 0 aliphatic heterocycles. The van der Waals surface area contributed by atoms with Gasteiger partial charge in [0.05, 0.1) is 13.2 Å². The van der Waals surface area contributed by atoms with Crippen LogP contribution in [0.5, 0.6) is 5.75 Å². The van der Waals surface area contributed by atoms with Crippen LogP contribution in [0.4, 0.5) is 0 Å². The van der Waals surface area contributed by atoms with Gasteiger partial charge in [0.15, 0.2) is 0 Å². The molecule has 3 heteroatoms. The van der Waals surface area contributed by atoms with Crippen molar-refractivity contribution in [1.82, 2.24) is 0 Å². The van der Waals surface area contributed by atoms with Crippen molar-refractivity contribution in [2.45, 2.75) is 32.6 Å². The molecular formula is C28H28O3. The van der Waals surface area contributed by atoms with E-state index in [1.165, 1.54) is 0 Å². The van der Waals surface area contributed by atoms with Gasteiger partial charge in [0, 0.05) is 16.7 Å². The van der Waals surface area contributed by atoms with Crippen LogP contribution in [0.15, 0.2) is 78.9 Å². The molecule has 31 heavy (non-hydrogen) atoms. The van der Waals surface area contributed by atoms with Crippen LogP contribution in [0.2, 0.25) is 0 Å². The smallest absolute Gasteiger partial charge is 0.333 e. The number of unbranched alkanes of at least 4 members (excludes halogenated alkanes) is 3. The molecule has 0 aliphatic rings. The quantitative estimate of drug-likeness (QED) is 0.179. The van der Waals surface area contributed by atoms with Gasteiger partial charge in [-0.05, 0) is 79.8 Å². The van der Waals surface area contributed by atoms with E-state index in [2.05, 4.69) is 42.7 Å². The molecular weight excluding hydrogens is 384 g/mol. The third kappa shape index (κ3) is 7.35. The fourth-order valence-electron chi connectivity index (χ4n) is 3.09. The fraction of sp³-hybridized carbons (Fsp3) is 0.250. The fourth-order valence-corrected chi connectivity index (χ4v) is 3.09. The molecule has 3 aromatic rings. The number of benzene rings is 3. The van der Waals surface area contributed by atoms with Crippen LogP contribution in [0.3, 0.4) is 0 Å². The maximum Gasteiger partial charge on any atom is 0.333 e. The standard InChI is InChI=1S/C28H28O3/c1-22(2)28(29)31-19-9-4-3-8-18-30-27-17-16-25-20-24(14-15-26(25)21-27)13-12-23-10-6-5-7-11-23/h5-7,10-11,14-17,20-21H,1,3-4,8-9,18-19H2,2H3. The first-order valence-corrected chi connectivity index (χ1v) is 10.7. The molecule has 0 amide bonds. The maximum atomic E-state index is 11.3. The molecule has 0 spiro atoms. The van der Waals surface area contributed by atoms with Crippen molar-refractivity contribution in [2.24, 2.45) is 0 Å². The van der Waals surface area contributed by atoms with Gasteiger partial charge < -0.3 is 9.47 Å². The number of esters is 1. The Bertz CT molecular complexity index is 1090. The molecule has 0 aromatic heterocycles. The summed E-state index contributed by atoms with van der Waals surface area (Å²) < 4.78 is 11.0. The van der Waals surface area contributed by atoms with Crippen molar-refractivity contribution < 1.29 is 14.3 Å². The monoisotopic (exact) mass is 412 g/mol. The van der Waals surface area contributed by atoms with Gasteiger partial charge in [-0.15, -0.1) is 0 Å². The van der Waals surface area contributed by atoms with Gasteiger partial charge in [0.25, 0.3) is 0 Å². The van der Waals surface area contributed by atoms with E-state index in [0.717, 1.165) is 53.3 Å². The Labute approximate surface area is 184 Å². The van der Waals surface area contributed by atoms with E-state index in [1.54, 1.807) is 6.92 Å². The molecule has 3 aromatic carbocycles. The Morgan fingerprint density at radius 2 is 1.48 bits per heavy atom. The van der Waals surface area contributed by atoms with Gasteiger partial charge in [-0.3, -0.25) is 0 Å². The zero-order chi connectivity index (χ0) is 21.9. The molecule has 3 nitrogen and oxygen atoms in total. The highest BCUT2D eigenvalue weighted by molar-refractivity contribution is 5.87. The van der Waals surface area contributed by atoms with Crippen molar-refractivity contribution in [3.63, 3.8) is 0 Å². The Hall–Kier alpha value is -3.51. The first-order chi connectivity index (χ1) is 15.1. The molecule has 0 heterocycles. The van der Waals surface area contributed by atoms with Crippen molar-refractivity contribution in [3.05, 3.63) is 90.0 Å². The minimum absolute atomic E-state index is 0.310. The van der Waals surface area contributed by atoms with E-state index in [4.69, 9.17) is 9.47 Å². The molecule has 0 fully saturated rings. The van der Waals surface area contributed by atoms with E-state index >= 15 is 0 Å². The molecule has 0 aliphatic carbocycles. The molecule has 0 N–H and O–H groups in total. The van der Waals surface area contributed by atoms with E-state index in [9.17, 15) is 4.79 Å². The average Bonchev–Trinajstić information content (AvgIpc) is 2.79. The first-order valence-electron chi connectivity index (χ1n) is 10.7. The molecule has 3 rings (SSSR count). The third-order valence-electron chi connectivity index (χ3n) is 4.83. The SMILES string of the molecule is C=C(C)C(=O)OCCCCCCOc1ccc2cc(C#Cc3ccccc3)ccc2c1. The van der Waals surface area contributed by atoms with Crippen LogP contribution in [0, 0.1) is 11.8 Å². The zero-order valence-electron chi connectivity index (χ0n) is 18.0. The Morgan fingerprint density at radius 3 is 2.26 bits per heavy atom. The number of carbonyl (C=O) groups is 1. The van der Waals surface area contributed by atoms with Gasteiger partial charge in [-0.25, -0.2) is 4.79 Å². The summed E-state index contributed by atoms with van der Waals surface area (Å²) in [4.78, 5) is 11.3. The Balaban J connectivity index is 1.42. The summed E-state index contributed by atoms with van der Waals surface area (Å²) in [5.74, 6) is 7.00. The predicted octanol–water partition coefficient (Wildman–Crippen LogP) is 6.30. The van der Waals surface area contributed by atoms with Crippen LogP contribution in [-0.4, -0.2) is 19.2 Å². The van der Waals surface area contributed by atoms with Gasteiger partial charge in [-0.2, -0.15) is 0 Å². The van der Waals surface area contributed by atoms with E-state index in [-0.39, 0.29) is 5.97 Å². The molecule has 0 bridgehead atoms. The summed E-state index contributed by atoms with van der Waals surface area (Å²) in [6.45, 7) is 6.36. The lowest BCUT2D eigenvalue weighted by Crippen LogP contribution is -2.06. The Morgan fingerprint density at radius 1 is 0.806 bits per heavy atom. The summed E-state index contributed by atoms with van der Waals surface area (Å²) in [5.41, 5.74) is 2.46. The van der Waals surface area contributed by atoms with E-state index in [1.807, 2.05) is 42.5 Å². The van der Waals surface area contributed by atoms with Crippen molar-refractivity contribution in [3.8, 4) is 17.6 Å². The lowest BCUT2D eigenvalue weighted by atomic mass is 10.1. The normalized spacial score (nSPS) is 10.2. The van der Waals surface area contributed by atoms with Crippen molar-refractivity contribution in [1.29, 1.82) is 0 Å². The minimum atomic E-state index is -0.310. The first kappa shape index (κ1) is 22.2. The number of ether oxygens (including phenoxy) is 2. The minimum Gasteiger partial charge on any atom is -0.494 e. The van der Waals surface area contributed by atoms with Crippen LogP contribution < -0.4 is 4.74 Å². The van der Waals surface area contributed by atoms with Crippen LogP contribution in [0.25, 0.3) is 10.8 Å². The molecule has 0 radical (unpaired) electrons. The summed E-state index contributed by atoms with van der Waals surface area (Å²) in [7, 11) is 0. The number of rotatable bonds is 9. The highest BCUT2D eigenvalue weighted by atomic mass is 16.5. The van der Waals surface area contributed by atoms with E-state index in [0.29, 0.717) is 18.8 Å².